The molecule has 2 aliphatic heterocycles. The average molecular weight is 418 g/mol. The van der Waals surface area contributed by atoms with Gasteiger partial charge in [0.05, 0.1) is 6.61 Å². The van der Waals surface area contributed by atoms with Crippen LogP contribution < -0.4 is 10.1 Å². The van der Waals surface area contributed by atoms with E-state index < -0.39 is 6.61 Å². The number of halogens is 3. The third kappa shape index (κ3) is 4.41. The van der Waals surface area contributed by atoms with Crippen molar-refractivity contribution in [3.8, 4) is 5.75 Å². The van der Waals surface area contributed by atoms with Crippen LogP contribution in [0.25, 0.3) is 0 Å². The van der Waals surface area contributed by atoms with E-state index in [1.165, 1.54) is 6.07 Å². The van der Waals surface area contributed by atoms with E-state index in [2.05, 4.69) is 35.9 Å². The second-order valence-electron chi connectivity index (χ2n) is 6.51. The molecule has 2 heterocycles. The van der Waals surface area contributed by atoms with Crippen LogP contribution in [0.15, 0.2) is 27.7 Å². The Morgan fingerprint density at radius 1 is 1.48 bits per heavy atom. The number of rotatable bonds is 4. The van der Waals surface area contributed by atoms with Crippen molar-refractivity contribution in [2.45, 2.75) is 26.0 Å². The molecule has 8 heteroatoms. The van der Waals surface area contributed by atoms with Gasteiger partial charge in [0.1, 0.15) is 5.75 Å². The molecule has 2 saturated heterocycles. The molecule has 25 heavy (non-hydrogen) atoms. The van der Waals surface area contributed by atoms with Crippen LogP contribution in [0.2, 0.25) is 0 Å². The maximum Gasteiger partial charge on any atom is 0.387 e. The summed E-state index contributed by atoms with van der Waals surface area (Å²) in [6.45, 7) is 0.965. The van der Waals surface area contributed by atoms with E-state index in [1.807, 2.05) is 0 Å². The van der Waals surface area contributed by atoms with Crippen molar-refractivity contribution < 1.29 is 18.3 Å². The fraction of sp³-hybridized carbons (Fsp3) is 0.588. The minimum absolute atomic E-state index is 0.170. The third-order valence-electron chi connectivity index (χ3n) is 4.81. The number of aliphatic imine (C=N–C) groups is 1. The van der Waals surface area contributed by atoms with Gasteiger partial charge >= 0.3 is 6.61 Å². The second-order valence-corrected chi connectivity index (χ2v) is 7.42. The molecule has 2 aliphatic rings. The molecule has 0 aliphatic carbocycles. The molecular weight excluding hydrogens is 396 g/mol. The third-order valence-corrected chi connectivity index (χ3v) is 5.30. The van der Waals surface area contributed by atoms with Gasteiger partial charge in [-0.1, -0.05) is 15.9 Å². The summed E-state index contributed by atoms with van der Waals surface area (Å²) in [5, 5.41) is 3.26. The summed E-state index contributed by atoms with van der Waals surface area (Å²) < 4.78 is 36.1. The zero-order chi connectivity index (χ0) is 17.9. The number of nitrogens with one attached hydrogen (secondary N) is 1. The van der Waals surface area contributed by atoms with Gasteiger partial charge in [-0.05, 0) is 31.0 Å². The Kier molecular flexibility index (Phi) is 5.78. The van der Waals surface area contributed by atoms with Crippen LogP contribution in [0.1, 0.15) is 18.4 Å². The molecule has 1 N–H and O–H groups in total. The van der Waals surface area contributed by atoms with Gasteiger partial charge in [-0.25, -0.2) is 0 Å². The highest BCUT2D eigenvalue weighted by Gasteiger charge is 2.42. The topological polar surface area (TPSA) is 46.1 Å². The number of ether oxygens (including phenoxy) is 2. The van der Waals surface area contributed by atoms with Crippen molar-refractivity contribution in [2.75, 3.05) is 33.4 Å². The van der Waals surface area contributed by atoms with Gasteiger partial charge < -0.3 is 19.7 Å². The zero-order valence-electron chi connectivity index (χ0n) is 14.1. The Morgan fingerprint density at radius 3 is 3.00 bits per heavy atom. The van der Waals surface area contributed by atoms with Crippen molar-refractivity contribution in [3.05, 3.63) is 28.2 Å². The number of alkyl halides is 2. The van der Waals surface area contributed by atoms with Crippen LogP contribution >= 0.6 is 15.9 Å². The fourth-order valence-corrected chi connectivity index (χ4v) is 3.90. The number of hydrogen-bond acceptors (Lipinski definition) is 3. The van der Waals surface area contributed by atoms with Crippen LogP contribution in [0, 0.1) is 5.41 Å². The highest BCUT2D eigenvalue weighted by molar-refractivity contribution is 9.10. The van der Waals surface area contributed by atoms with Gasteiger partial charge in [0.15, 0.2) is 5.96 Å². The van der Waals surface area contributed by atoms with Gasteiger partial charge in [-0.3, -0.25) is 4.99 Å². The first-order valence-electron chi connectivity index (χ1n) is 8.28. The number of likely N-dealkylation sites (tertiary alicyclic amines) is 1. The van der Waals surface area contributed by atoms with Gasteiger partial charge in [0.25, 0.3) is 0 Å². The van der Waals surface area contributed by atoms with Gasteiger partial charge in [0, 0.05) is 48.7 Å². The molecule has 0 radical (unpaired) electrons. The van der Waals surface area contributed by atoms with E-state index in [-0.39, 0.29) is 11.2 Å². The number of guanidine groups is 1. The van der Waals surface area contributed by atoms with E-state index in [4.69, 9.17) is 4.74 Å². The monoisotopic (exact) mass is 417 g/mol. The maximum absolute atomic E-state index is 12.6. The summed E-state index contributed by atoms with van der Waals surface area (Å²) >= 11 is 3.37. The van der Waals surface area contributed by atoms with Gasteiger partial charge in [0.2, 0.25) is 0 Å². The van der Waals surface area contributed by atoms with E-state index >= 15 is 0 Å². The minimum Gasteiger partial charge on any atom is -0.434 e. The summed E-state index contributed by atoms with van der Waals surface area (Å²) in [5.41, 5.74) is 0.881. The Bertz CT molecular complexity index is 636. The van der Waals surface area contributed by atoms with Crippen LogP contribution in [0.3, 0.4) is 0 Å². The first kappa shape index (κ1) is 18.4. The smallest absolute Gasteiger partial charge is 0.387 e. The highest BCUT2D eigenvalue weighted by atomic mass is 79.9. The highest BCUT2D eigenvalue weighted by Crippen LogP contribution is 2.38. The molecule has 1 aromatic carbocycles. The van der Waals surface area contributed by atoms with E-state index in [0.717, 1.165) is 49.6 Å². The van der Waals surface area contributed by atoms with Crippen molar-refractivity contribution in [2.24, 2.45) is 10.4 Å². The number of nitrogens with zero attached hydrogens (tertiary/aromatic N) is 2. The lowest BCUT2D eigenvalue weighted by Crippen LogP contribution is -2.41. The lowest BCUT2D eigenvalue weighted by Gasteiger charge is -2.25. The molecule has 0 aromatic heterocycles. The molecule has 2 fully saturated rings. The minimum atomic E-state index is -2.85. The van der Waals surface area contributed by atoms with Crippen molar-refractivity contribution in [1.29, 1.82) is 0 Å². The molecule has 1 spiro atoms. The average Bonchev–Trinajstić information content (AvgIpc) is 3.21. The summed E-state index contributed by atoms with van der Waals surface area (Å²) in [4.78, 5) is 6.55. The molecule has 1 aromatic rings. The second kappa shape index (κ2) is 7.86. The van der Waals surface area contributed by atoms with Crippen molar-refractivity contribution >= 4 is 21.9 Å². The maximum atomic E-state index is 12.6. The van der Waals surface area contributed by atoms with Crippen molar-refractivity contribution in [1.82, 2.24) is 10.2 Å². The number of benzene rings is 1. The first-order valence-corrected chi connectivity index (χ1v) is 9.07. The van der Waals surface area contributed by atoms with Gasteiger partial charge in [-0.2, -0.15) is 8.78 Å². The Hall–Kier alpha value is -1.41. The molecule has 5 nitrogen and oxygen atoms in total. The predicted octanol–water partition coefficient (Wildman–Crippen LogP) is 3.24. The number of hydrogen-bond donors (Lipinski definition) is 1. The van der Waals surface area contributed by atoms with E-state index in [9.17, 15) is 8.78 Å². The largest absolute Gasteiger partial charge is 0.434 e. The summed E-state index contributed by atoms with van der Waals surface area (Å²) in [6.07, 6.45) is 2.17. The first-order chi connectivity index (χ1) is 12.0. The zero-order valence-corrected chi connectivity index (χ0v) is 15.7. The standard InChI is InChI=1S/C17H22BrF2N3O2/c1-21-16(23-6-4-17(10-23)5-7-24-11-17)22-9-12-8-13(18)2-3-14(12)25-15(19)20/h2-3,8,15H,4-7,9-11H2,1H3,(H,21,22). The summed E-state index contributed by atoms with van der Waals surface area (Å²) in [6, 6.07) is 4.99. The summed E-state index contributed by atoms with van der Waals surface area (Å²) in [7, 11) is 1.73. The van der Waals surface area contributed by atoms with E-state index in [0.29, 0.717) is 12.1 Å². The lowest BCUT2D eigenvalue weighted by molar-refractivity contribution is -0.0504. The molecule has 0 bridgehead atoms. The Labute approximate surface area is 154 Å². The Morgan fingerprint density at radius 2 is 2.32 bits per heavy atom. The van der Waals surface area contributed by atoms with Crippen molar-refractivity contribution in [3.63, 3.8) is 0 Å². The van der Waals surface area contributed by atoms with Gasteiger partial charge in [-0.15, -0.1) is 0 Å². The lowest BCUT2D eigenvalue weighted by atomic mass is 9.87. The van der Waals surface area contributed by atoms with Crippen LogP contribution in [0.4, 0.5) is 8.78 Å². The summed E-state index contributed by atoms with van der Waals surface area (Å²) in [5.74, 6) is 0.940. The Balaban J connectivity index is 1.65. The molecule has 1 atom stereocenters. The molecule has 0 amide bonds. The molecular formula is C17H22BrF2N3O2. The molecule has 3 rings (SSSR count). The van der Waals surface area contributed by atoms with Crippen LogP contribution in [-0.4, -0.2) is 50.8 Å². The SMILES string of the molecule is CN=C(NCc1cc(Br)ccc1OC(F)F)N1CCC2(CCOC2)C1. The molecule has 0 saturated carbocycles. The van der Waals surface area contributed by atoms with E-state index in [1.54, 1.807) is 19.2 Å². The fourth-order valence-electron chi connectivity index (χ4n) is 3.49. The van der Waals surface area contributed by atoms with Crippen LogP contribution in [0.5, 0.6) is 5.75 Å². The molecule has 1 unspecified atom stereocenters. The molecule has 138 valence electrons. The predicted molar refractivity (Wildman–Crippen MR) is 95.0 cm³/mol. The quantitative estimate of drug-likeness (QED) is 0.603. The van der Waals surface area contributed by atoms with Crippen LogP contribution in [-0.2, 0) is 11.3 Å². The normalized spacial score (nSPS) is 23.7.